The van der Waals surface area contributed by atoms with Crippen molar-refractivity contribution in [3.8, 4) is 11.3 Å². The van der Waals surface area contributed by atoms with Gasteiger partial charge in [0.2, 0.25) is 0 Å². The summed E-state index contributed by atoms with van der Waals surface area (Å²) in [6.07, 6.45) is 0. The zero-order valence-corrected chi connectivity index (χ0v) is 15.1. The minimum Gasteiger partial charge on any atom is -0.451 e. The summed E-state index contributed by atoms with van der Waals surface area (Å²) in [4.78, 5) is 22.7. The number of nitro benzene ring substituents is 1. The summed E-state index contributed by atoms with van der Waals surface area (Å²) in [5, 5.41) is 14.3. The minimum atomic E-state index is -0.592. The van der Waals surface area contributed by atoms with Gasteiger partial charge in [0.15, 0.2) is 5.76 Å². The van der Waals surface area contributed by atoms with Crippen molar-refractivity contribution < 1.29 is 14.1 Å². The third-order valence-corrected chi connectivity index (χ3v) is 4.30. The number of carbonyl (C=O) groups excluding carboxylic acids is 1. The zero-order valence-electron chi connectivity index (χ0n) is 12.8. The van der Waals surface area contributed by atoms with Gasteiger partial charge in [0.25, 0.3) is 11.6 Å². The van der Waals surface area contributed by atoms with Crippen molar-refractivity contribution >= 4 is 52.1 Å². The molecule has 1 aromatic heterocycles. The van der Waals surface area contributed by atoms with Crippen LogP contribution in [0.15, 0.2) is 52.9 Å². The van der Waals surface area contributed by atoms with E-state index in [9.17, 15) is 14.9 Å². The van der Waals surface area contributed by atoms with Crippen molar-refractivity contribution in [1.82, 2.24) is 0 Å². The Morgan fingerprint density at radius 2 is 1.77 bits per heavy atom. The standard InChI is InChI=1S/C17H9Cl3N2O4/c18-10-2-4-13(12(20)8-10)21-17(23)16-6-5-15(26-16)9-1-3-11(19)14(7-9)22(24)25/h1-8H,(H,21,23). The zero-order chi connectivity index (χ0) is 18.8. The lowest BCUT2D eigenvalue weighted by Gasteiger charge is -2.06. The number of rotatable bonds is 4. The van der Waals surface area contributed by atoms with Gasteiger partial charge in [-0.25, -0.2) is 0 Å². The third kappa shape index (κ3) is 3.83. The summed E-state index contributed by atoms with van der Waals surface area (Å²) in [7, 11) is 0. The number of nitrogens with one attached hydrogen (secondary N) is 1. The van der Waals surface area contributed by atoms with Crippen molar-refractivity contribution in [3.63, 3.8) is 0 Å². The van der Waals surface area contributed by atoms with Crippen LogP contribution >= 0.6 is 34.8 Å². The molecule has 0 bridgehead atoms. The maximum atomic E-state index is 12.3. The van der Waals surface area contributed by atoms with Gasteiger partial charge in [-0.2, -0.15) is 0 Å². The first kappa shape index (κ1) is 18.3. The van der Waals surface area contributed by atoms with Gasteiger partial charge in [0, 0.05) is 16.7 Å². The van der Waals surface area contributed by atoms with Gasteiger partial charge in [-0.05, 0) is 42.5 Å². The maximum absolute atomic E-state index is 12.3. The molecule has 0 radical (unpaired) electrons. The van der Waals surface area contributed by atoms with E-state index in [0.29, 0.717) is 16.3 Å². The monoisotopic (exact) mass is 410 g/mol. The predicted molar refractivity (Wildman–Crippen MR) is 100 cm³/mol. The van der Waals surface area contributed by atoms with Crippen molar-refractivity contribution in [2.45, 2.75) is 0 Å². The third-order valence-electron chi connectivity index (χ3n) is 3.44. The molecule has 1 N–H and O–H groups in total. The maximum Gasteiger partial charge on any atom is 0.291 e. The Hall–Kier alpha value is -2.54. The fourth-order valence-corrected chi connectivity index (χ4v) is 2.84. The van der Waals surface area contributed by atoms with Gasteiger partial charge in [-0.15, -0.1) is 0 Å². The Morgan fingerprint density at radius 1 is 1.00 bits per heavy atom. The second-order valence-electron chi connectivity index (χ2n) is 5.17. The first-order valence-corrected chi connectivity index (χ1v) is 8.29. The van der Waals surface area contributed by atoms with E-state index in [1.807, 2.05) is 0 Å². The molecule has 1 amide bonds. The number of amides is 1. The number of benzene rings is 2. The van der Waals surface area contributed by atoms with Crippen LogP contribution in [0.25, 0.3) is 11.3 Å². The van der Waals surface area contributed by atoms with Crippen LogP contribution in [0.1, 0.15) is 10.6 Å². The fourth-order valence-electron chi connectivity index (χ4n) is 2.20. The molecular formula is C17H9Cl3N2O4. The number of hydrogen-bond donors (Lipinski definition) is 1. The molecule has 0 aliphatic heterocycles. The number of carbonyl (C=O) groups is 1. The molecule has 9 heteroatoms. The largest absolute Gasteiger partial charge is 0.451 e. The molecule has 0 atom stereocenters. The second kappa shape index (κ2) is 7.37. The SMILES string of the molecule is O=C(Nc1ccc(Cl)cc1Cl)c1ccc(-c2ccc(Cl)c([N+](=O)[O-])c2)o1. The number of hydrogen-bond acceptors (Lipinski definition) is 4. The Bertz CT molecular complexity index is 1020. The van der Waals surface area contributed by atoms with Crippen LogP contribution < -0.4 is 5.32 Å². The molecule has 0 saturated heterocycles. The van der Waals surface area contributed by atoms with E-state index >= 15 is 0 Å². The van der Waals surface area contributed by atoms with Gasteiger partial charge in [-0.1, -0.05) is 34.8 Å². The van der Waals surface area contributed by atoms with Gasteiger partial charge in [0.05, 0.1) is 15.6 Å². The summed E-state index contributed by atoms with van der Waals surface area (Å²) >= 11 is 17.6. The average Bonchev–Trinajstić information content (AvgIpc) is 3.07. The van der Waals surface area contributed by atoms with Crippen LogP contribution in [-0.2, 0) is 0 Å². The van der Waals surface area contributed by atoms with Gasteiger partial charge >= 0.3 is 0 Å². The van der Waals surface area contributed by atoms with Crippen LogP contribution in [0.2, 0.25) is 15.1 Å². The number of furan rings is 1. The average molecular weight is 412 g/mol. The highest BCUT2D eigenvalue weighted by molar-refractivity contribution is 6.36. The highest BCUT2D eigenvalue weighted by Crippen LogP contribution is 2.31. The molecule has 0 fully saturated rings. The summed E-state index contributed by atoms with van der Waals surface area (Å²) < 4.78 is 5.50. The van der Waals surface area contributed by atoms with Crippen LogP contribution in [0.3, 0.4) is 0 Å². The first-order chi connectivity index (χ1) is 12.3. The first-order valence-electron chi connectivity index (χ1n) is 7.15. The van der Waals surface area contributed by atoms with Gasteiger partial charge in [-0.3, -0.25) is 14.9 Å². The number of anilines is 1. The Kier molecular flexibility index (Phi) is 5.18. The van der Waals surface area contributed by atoms with Crippen molar-refractivity contribution in [2.75, 3.05) is 5.32 Å². The molecule has 0 saturated carbocycles. The van der Waals surface area contributed by atoms with E-state index in [4.69, 9.17) is 39.2 Å². The minimum absolute atomic E-state index is 0.0145. The molecule has 0 unspecified atom stereocenters. The lowest BCUT2D eigenvalue weighted by atomic mass is 10.1. The van der Waals surface area contributed by atoms with E-state index < -0.39 is 10.8 Å². The van der Waals surface area contributed by atoms with Crippen LogP contribution in [0.4, 0.5) is 11.4 Å². The highest BCUT2D eigenvalue weighted by atomic mass is 35.5. The molecular weight excluding hydrogens is 403 g/mol. The van der Waals surface area contributed by atoms with Crippen molar-refractivity contribution in [1.29, 1.82) is 0 Å². The number of nitrogens with zero attached hydrogens (tertiary/aromatic N) is 1. The summed E-state index contributed by atoms with van der Waals surface area (Å²) in [6, 6.07) is 11.9. The molecule has 3 aromatic rings. The number of nitro groups is 1. The highest BCUT2D eigenvalue weighted by Gasteiger charge is 2.17. The van der Waals surface area contributed by atoms with Crippen molar-refractivity contribution in [2.24, 2.45) is 0 Å². The lowest BCUT2D eigenvalue weighted by Crippen LogP contribution is -2.11. The fraction of sp³-hybridized carbons (Fsp3) is 0. The second-order valence-corrected chi connectivity index (χ2v) is 6.42. The molecule has 0 aliphatic carbocycles. The van der Waals surface area contributed by atoms with Gasteiger partial charge < -0.3 is 9.73 Å². The van der Waals surface area contributed by atoms with E-state index in [2.05, 4.69) is 5.32 Å². The van der Waals surface area contributed by atoms with Crippen LogP contribution in [-0.4, -0.2) is 10.8 Å². The molecule has 1 heterocycles. The lowest BCUT2D eigenvalue weighted by molar-refractivity contribution is -0.384. The molecule has 0 aliphatic rings. The van der Waals surface area contributed by atoms with Gasteiger partial charge in [0.1, 0.15) is 10.8 Å². The van der Waals surface area contributed by atoms with E-state index in [0.717, 1.165) is 0 Å². The van der Waals surface area contributed by atoms with E-state index in [1.54, 1.807) is 18.2 Å². The number of halogens is 3. The summed E-state index contributed by atoms with van der Waals surface area (Å²) in [5.74, 6) is -0.218. The Balaban J connectivity index is 1.84. The van der Waals surface area contributed by atoms with E-state index in [1.165, 1.54) is 30.3 Å². The van der Waals surface area contributed by atoms with Crippen LogP contribution in [0.5, 0.6) is 0 Å². The summed E-state index contributed by atoms with van der Waals surface area (Å²) in [5.41, 5.74) is 0.547. The quantitative estimate of drug-likeness (QED) is 0.417. The Labute approximate surface area is 162 Å². The van der Waals surface area contributed by atoms with Crippen LogP contribution in [0, 0.1) is 10.1 Å². The molecule has 6 nitrogen and oxygen atoms in total. The summed E-state index contributed by atoms with van der Waals surface area (Å²) in [6.45, 7) is 0. The smallest absolute Gasteiger partial charge is 0.291 e. The van der Waals surface area contributed by atoms with Crippen molar-refractivity contribution in [3.05, 3.63) is 79.5 Å². The Morgan fingerprint density at radius 3 is 2.46 bits per heavy atom. The molecule has 0 spiro atoms. The predicted octanol–water partition coefficient (Wildman–Crippen LogP) is 6.07. The molecule has 132 valence electrons. The topological polar surface area (TPSA) is 85.4 Å². The normalized spacial score (nSPS) is 10.6. The molecule has 26 heavy (non-hydrogen) atoms. The molecule has 2 aromatic carbocycles. The van der Waals surface area contributed by atoms with E-state index in [-0.39, 0.29) is 27.3 Å². The molecule has 3 rings (SSSR count).